The van der Waals surface area contributed by atoms with Gasteiger partial charge in [-0.05, 0) is 35.9 Å². The molecular formula is C25H22F4N4O2S. The molecular weight excluding hydrogens is 496 g/mol. The van der Waals surface area contributed by atoms with E-state index in [9.17, 15) is 27.2 Å². The van der Waals surface area contributed by atoms with Crippen LogP contribution in [0.25, 0.3) is 11.1 Å². The molecule has 5 rings (SSSR count). The molecule has 0 saturated carbocycles. The van der Waals surface area contributed by atoms with Crippen molar-refractivity contribution in [2.24, 2.45) is 0 Å². The lowest BCUT2D eigenvalue weighted by Crippen LogP contribution is -2.64. The molecule has 11 heteroatoms. The monoisotopic (exact) mass is 518 g/mol. The second-order valence-electron chi connectivity index (χ2n) is 8.84. The van der Waals surface area contributed by atoms with Gasteiger partial charge in [-0.2, -0.15) is 13.2 Å². The zero-order valence-electron chi connectivity index (χ0n) is 19.0. The smallest absolute Gasteiger partial charge is 0.335 e. The number of benzene rings is 2. The van der Waals surface area contributed by atoms with E-state index in [2.05, 4.69) is 9.88 Å². The Morgan fingerprint density at radius 3 is 2.22 bits per heavy atom. The summed E-state index contributed by atoms with van der Waals surface area (Å²) in [4.78, 5) is 35.2. The van der Waals surface area contributed by atoms with E-state index >= 15 is 0 Å². The Kier molecular flexibility index (Phi) is 6.52. The van der Waals surface area contributed by atoms with Crippen LogP contribution in [-0.4, -0.2) is 76.8 Å². The molecule has 188 valence electrons. The first-order valence-electron chi connectivity index (χ1n) is 11.4. The molecule has 0 N–H and O–H groups in total. The van der Waals surface area contributed by atoms with Gasteiger partial charge in [0, 0.05) is 61.8 Å². The first-order valence-corrected chi connectivity index (χ1v) is 12.3. The molecule has 0 aliphatic carbocycles. The van der Waals surface area contributed by atoms with Crippen LogP contribution >= 0.6 is 11.3 Å². The quantitative estimate of drug-likeness (QED) is 0.485. The van der Waals surface area contributed by atoms with E-state index in [1.807, 2.05) is 0 Å². The van der Waals surface area contributed by atoms with Crippen molar-refractivity contribution in [2.45, 2.75) is 12.2 Å². The first-order chi connectivity index (χ1) is 17.2. The van der Waals surface area contributed by atoms with Crippen LogP contribution in [0.15, 0.2) is 53.4 Å². The fraction of sp³-hybridized carbons (Fsp3) is 0.320. The molecule has 2 amide bonds. The number of carbonyl (C=O) groups is 2. The van der Waals surface area contributed by atoms with E-state index in [4.69, 9.17) is 0 Å². The lowest BCUT2D eigenvalue weighted by atomic mass is 9.99. The Labute approximate surface area is 208 Å². The van der Waals surface area contributed by atoms with Gasteiger partial charge in [0.25, 0.3) is 11.8 Å². The fourth-order valence-corrected chi connectivity index (χ4v) is 5.05. The van der Waals surface area contributed by atoms with Crippen LogP contribution in [-0.2, 0) is 6.18 Å². The molecule has 0 spiro atoms. The molecule has 2 aliphatic rings. The summed E-state index contributed by atoms with van der Waals surface area (Å²) in [5.41, 5.74) is 1.90. The van der Waals surface area contributed by atoms with Gasteiger partial charge in [-0.3, -0.25) is 14.5 Å². The minimum absolute atomic E-state index is 0.0681. The number of hydrogen-bond acceptors (Lipinski definition) is 5. The Morgan fingerprint density at radius 2 is 1.61 bits per heavy atom. The predicted molar refractivity (Wildman–Crippen MR) is 126 cm³/mol. The highest BCUT2D eigenvalue weighted by atomic mass is 32.1. The van der Waals surface area contributed by atoms with Crippen molar-refractivity contribution < 1.29 is 27.2 Å². The zero-order chi connectivity index (χ0) is 25.4. The van der Waals surface area contributed by atoms with E-state index < -0.39 is 17.6 Å². The van der Waals surface area contributed by atoms with Gasteiger partial charge < -0.3 is 9.80 Å². The molecule has 2 fully saturated rings. The van der Waals surface area contributed by atoms with Crippen molar-refractivity contribution in [1.29, 1.82) is 0 Å². The summed E-state index contributed by atoms with van der Waals surface area (Å²) in [5.74, 6) is -0.934. The molecule has 0 unspecified atom stereocenters. The van der Waals surface area contributed by atoms with Gasteiger partial charge in [0.2, 0.25) is 0 Å². The third kappa shape index (κ3) is 4.85. The number of amides is 2. The molecule has 2 aromatic carbocycles. The average molecular weight is 519 g/mol. The lowest BCUT2D eigenvalue weighted by molar-refractivity contribution is -0.137. The van der Waals surface area contributed by atoms with Crippen LogP contribution in [0.1, 0.15) is 26.4 Å². The number of piperazine rings is 1. The second kappa shape index (κ2) is 9.62. The summed E-state index contributed by atoms with van der Waals surface area (Å²) in [7, 11) is 0. The molecule has 36 heavy (non-hydrogen) atoms. The molecule has 0 atom stereocenters. The number of rotatable bonds is 4. The molecule has 6 nitrogen and oxygen atoms in total. The van der Waals surface area contributed by atoms with Crippen LogP contribution in [0.5, 0.6) is 0 Å². The van der Waals surface area contributed by atoms with Gasteiger partial charge in [-0.25, -0.2) is 9.37 Å². The van der Waals surface area contributed by atoms with E-state index in [1.54, 1.807) is 20.7 Å². The van der Waals surface area contributed by atoms with E-state index in [1.165, 1.54) is 35.6 Å². The largest absolute Gasteiger partial charge is 0.416 e. The van der Waals surface area contributed by atoms with Crippen LogP contribution in [0.3, 0.4) is 0 Å². The van der Waals surface area contributed by atoms with Crippen molar-refractivity contribution in [2.75, 3.05) is 39.3 Å². The number of carbonyl (C=O) groups excluding carboxylic acids is 2. The van der Waals surface area contributed by atoms with E-state index in [0.29, 0.717) is 45.0 Å². The summed E-state index contributed by atoms with van der Waals surface area (Å²) >= 11 is 1.38. The Morgan fingerprint density at radius 1 is 0.917 bits per heavy atom. The maximum absolute atomic E-state index is 14.4. The molecule has 3 heterocycles. The van der Waals surface area contributed by atoms with Crippen LogP contribution in [0.4, 0.5) is 17.6 Å². The topological polar surface area (TPSA) is 56.8 Å². The number of halogens is 4. The summed E-state index contributed by atoms with van der Waals surface area (Å²) in [6, 6.07) is 8.32. The third-order valence-electron chi connectivity index (χ3n) is 6.66. The van der Waals surface area contributed by atoms with Crippen LogP contribution < -0.4 is 0 Å². The Balaban J connectivity index is 1.18. The van der Waals surface area contributed by atoms with Gasteiger partial charge >= 0.3 is 6.18 Å². The van der Waals surface area contributed by atoms with Crippen LogP contribution in [0, 0.1) is 5.82 Å². The zero-order valence-corrected chi connectivity index (χ0v) is 19.9. The SMILES string of the molecule is O=C(c1ccc(F)c(-c2ccc(C(F)(F)F)cc2)c1)N1CC(N2CCN(C(=O)c3cscn3)CC2)C1. The maximum Gasteiger partial charge on any atom is 0.416 e. The van der Waals surface area contributed by atoms with Gasteiger partial charge in [0.1, 0.15) is 11.5 Å². The highest BCUT2D eigenvalue weighted by molar-refractivity contribution is 7.07. The second-order valence-corrected chi connectivity index (χ2v) is 9.55. The molecule has 3 aromatic rings. The minimum atomic E-state index is -4.48. The van der Waals surface area contributed by atoms with Gasteiger partial charge in [0.05, 0.1) is 11.1 Å². The van der Waals surface area contributed by atoms with E-state index in [-0.39, 0.29) is 34.5 Å². The van der Waals surface area contributed by atoms with Crippen molar-refractivity contribution in [1.82, 2.24) is 19.7 Å². The first kappa shape index (κ1) is 24.4. The summed E-state index contributed by atoms with van der Waals surface area (Å²) < 4.78 is 53.0. The van der Waals surface area contributed by atoms with Crippen molar-refractivity contribution >= 4 is 23.2 Å². The number of nitrogens with zero attached hydrogens (tertiary/aromatic N) is 4. The van der Waals surface area contributed by atoms with Crippen molar-refractivity contribution in [3.05, 3.63) is 76.0 Å². The van der Waals surface area contributed by atoms with Gasteiger partial charge in [-0.15, -0.1) is 11.3 Å². The summed E-state index contributed by atoms with van der Waals surface area (Å²) in [5, 5.41) is 1.74. The van der Waals surface area contributed by atoms with Crippen molar-refractivity contribution in [3.63, 3.8) is 0 Å². The molecule has 1 aromatic heterocycles. The number of alkyl halides is 3. The standard InChI is InChI=1S/C25H22F4N4O2S/c26-21-6-3-17(11-20(21)16-1-4-18(5-2-16)25(27,28)29)23(34)33-12-19(13-33)31-7-9-32(10-8-31)24(35)22-14-36-15-30-22/h1-6,11,14-15,19H,7-10,12-13H2. The average Bonchev–Trinajstić information content (AvgIpc) is 3.38. The number of aromatic nitrogens is 1. The number of thiazole rings is 1. The number of hydrogen-bond donors (Lipinski definition) is 0. The highest BCUT2D eigenvalue weighted by Gasteiger charge is 2.37. The fourth-order valence-electron chi connectivity index (χ4n) is 4.52. The lowest BCUT2D eigenvalue weighted by Gasteiger charge is -2.48. The highest BCUT2D eigenvalue weighted by Crippen LogP contribution is 2.32. The molecule has 2 saturated heterocycles. The Bertz CT molecular complexity index is 1250. The van der Waals surface area contributed by atoms with Gasteiger partial charge in [-0.1, -0.05) is 12.1 Å². The summed E-state index contributed by atoms with van der Waals surface area (Å²) in [6.07, 6.45) is -4.48. The normalized spacial score (nSPS) is 17.2. The molecule has 0 radical (unpaired) electrons. The maximum atomic E-state index is 14.4. The van der Waals surface area contributed by atoms with E-state index in [0.717, 1.165) is 18.2 Å². The summed E-state index contributed by atoms with van der Waals surface area (Å²) in [6.45, 7) is 3.64. The van der Waals surface area contributed by atoms with Crippen molar-refractivity contribution in [3.8, 4) is 11.1 Å². The van der Waals surface area contributed by atoms with Gasteiger partial charge in [0.15, 0.2) is 0 Å². The molecule has 0 bridgehead atoms. The predicted octanol–water partition coefficient (Wildman–Crippen LogP) is 4.25. The Hall–Kier alpha value is -3.31. The minimum Gasteiger partial charge on any atom is -0.335 e. The molecule has 2 aliphatic heterocycles. The third-order valence-corrected chi connectivity index (χ3v) is 7.24. The number of likely N-dealkylation sites (tertiary alicyclic amines) is 1. The van der Waals surface area contributed by atoms with Crippen LogP contribution in [0.2, 0.25) is 0 Å².